The van der Waals surface area contributed by atoms with Crippen LogP contribution in [0.1, 0.15) is 101 Å². The Bertz CT molecular complexity index is 694. The molecule has 1 saturated heterocycles. The van der Waals surface area contributed by atoms with E-state index in [1.165, 1.54) is 76.7 Å². The highest BCUT2D eigenvalue weighted by Crippen LogP contribution is 2.36. The van der Waals surface area contributed by atoms with Gasteiger partial charge in [-0.1, -0.05) is 77.6 Å². The summed E-state index contributed by atoms with van der Waals surface area (Å²) in [5.41, 5.74) is -0.274. The lowest BCUT2D eigenvalue weighted by Crippen LogP contribution is -2.28. The van der Waals surface area contributed by atoms with Crippen LogP contribution in [0.2, 0.25) is 0 Å². The minimum atomic E-state index is -0.872. The van der Waals surface area contributed by atoms with Gasteiger partial charge in [0.1, 0.15) is 23.3 Å². The molecule has 172 valence electrons. The second-order valence-corrected chi connectivity index (χ2v) is 9.50. The standard InChI is InChI=1S/C26H37F2NO2/c1-2-3-4-5-6-7-19-8-10-20(11-9-19)12-13-21-17-30-26(31-18-21)22-14-24(27)23(16-29)25(28)15-22/h14-15,19-21,26H,2-13,17-18H2,1H3/t19-,20-,21-,26-. The molecule has 0 unspecified atom stereocenters. The van der Waals surface area contributed by atoms with Gasteiger partial charge in [0.2, 0.25) is 0 Å². The van der Waals surface area contributed by atoms with Gasteiger partial charge in [0, 0.05) is 11.5 Å². The lowest BCUT2D eigenvalue weighted by atomic mass is 9.77. The number of halogens is 2. The van der Waals surface area contributed by atoms with Crippen molar-refractivity contribution in [3.05, 3.63) is 34.9 Å². The van der Waals surface area contributed by atoms with Gasteiger partial charge in [-0.25, -0.2) is 8.78 Å². The van der Waals surface area contributed by atoms with Crippen molar-refractivity contribution in [3.8, 4) is 6.07 Å². The van der Waals surface area contributed by atoms with Gasteiger partial charge < -0.3 is 9.47 Å². The number of benzene rings is 1. The molecular weight excluding hydrogens is 396 g/mol. The summed E-state index contributed by atoms with van der Waals surface area (Å²) >= 11 is 0. The topological polar surface area (TPSA) is 42.2 Å². The van der Waals surface area contributed by atoms with Crippen molar-refractivity contribution in [1.82, 2.24) is 0 Å². The van der Waals surface area contributed by atoms with E-state index >= 15 is 0 Å². The second kappa shape index (κ2) is 12.5. The fourth-order valence-electron chi connectivity index (χ4n) is 5.05. The summed E-state index contributed by atoms with van der Waals surface area (Å²) in [5.74, 6) is 0.344. The second-order valence-electron chi connectivity index (χ2n) is 9.50. The highest BCUT2D eigenvalue weighted by Gasteiger charge is 2.27. The van der Waals surface area contributed by atoms with Crippen LogP contribution in [0.3, 0.4) is 0 Å². The van der Waals surface area contributed by atoms with E-state index in [9.17, 15) is 8.78 Å². The van der Waals surface area contributed by atoms with E-state index in [1.54, 1.807) is 0 Å². The van der Waals surface area contributed by atoms with Crippen LogP contribution in [0.15, 0.2) is 12.1 Å². The summed E-state index contributed by atoms with van der Waals surface area (Å²) in [4.78, 5) is 0. The zero-order valence-corrected chi connectivity index (χ0v) is 18.9. The molecule has 31 heavy (non-hydrogen) atoms. The van der Waals surface area contributed by atoms with Crippen LogP contribution < -0.4 is 0 Å². The van der Waals surface area contributed by atoms with E-state index in [0.29, 0.717) is 24.7 Å². The average Bonchev–Trinajstić information content (AvgIpc) is 2.78. The third kappa shape index (κ3) is 7.26. The number of nitriles is 1. The van der Waals surface area contributed by atoms with Gasteiger partial charge in [0.15, 0.2) is 6.29 Å². The maximum Gasteiger partial charge on any atom is 0.184 e. The Morgan fingerprint density at radius 1 is 0.839 bits per heavy atom. The van der Waals surface area contributed by atoms with Crippen molar-refractivity contribution in [1.29, 1.82) is 5.26 Å². The third-order valence-electron chi connectivity index (χ3n) is 7.08. The molecular formula is C26H37F2NO2. The number of unbranched alkanes of at least 4 members (excludes halogenated alkanes) is 4. The molecule has 1 heterocycles. The molecule has 0 bridgehead atoms. The predicted molar refractivity (Wildman–Crippen MR) is 117 cm³/mol. The zero-order chi connectivity index (χ0) is 22.1. The molecule has 0 atom stereocenters. The summed E-state index contributed by atoms with van der Waals surface area (Å²) in [6.07, 6.45) is 15.3. The smallest absolute Gasteiger partial charge is 0.184 e. The maximum atomic E-state index is 13.8. The quantitative estimate of drug-likeness (QED) is 0.360. The number of ether oxygens (including phenoxy) is 2. The van der Waals surface area contributed by atoms with Crippen LogP contribution in [0.4, 0.5) is 8.78 Å². The molecule has 1 aliphatic heterocycles. The number of nitrogens with zero attached hydrogens (tertiary/aromatic N) is 1. The van der Waals surface area contributed by atoms with Crippen molar-refractivity contribution >= 4 is 0 Å². The molecule has 1 aromatic rings. The van der Waals surface area contributed by atoms with E-state index in [-0.39, 0.29) is 0 Å². The summed E-state index contributed by atoms with van der Waals surface area (Å²) in [5, 5.41) is 8.79. The van der Waals surface area contributed by atoms with E-state index in [0.717, 1.165) is 30.4 Å². The normalized spacial score (nSPS) is 26.5. The molecule has 1 aliphatic carbocycles. The highest BCUT2D eigenvalue weighted by molar-refractivity contribution is 5.35. The summed E-state index contributed by atoms with van der Waals surface area (Å²) in [7, 11) is 0. The largest absolute Gasteiger partial charge is 0.348 e. The summed E-state index contributed by atoms with van der Waals surface area (Å²) in [6, 6.07) is 3.80. The Morgan fingerprint density at radius 3 is 1.97 bits per heavy atom. The van der Waals surface area contributed by atoms with Gasteiger partial charge in [0.25, 0.3) is 0 Å². The molecule has 0 radical (unpaired) electrons. The van der Waals surface area contributed by atoms with Crippen molar-refractivity contribution in [2.24, 2.45) is 17.8 Å². The van der Waals surface area contributed by atoms with Gasteiger partial charge in [-0.15, -0.1) is 0 Å². The molecule has 2 fully saturated rings. The number of rotatable bonds is 10. The van der Waals surface area contributed by atoms with Crippen molar-refractivity contribution in [2.75, 3.05) is 13.2 Å². The lowest BCUT2D eigenvalue weighted by molar-refractivity contribution is -0.206. The highest BCUT2D eigenvalue weighted by atomic mass is 19.1. The Balaban J connectivity index is 1.32. The molecule has 5 heteroatoms. The monoisotopic (exact) mass is 433 g/mol. The van der Waals surface area contributed by atoms with Gasteiger partial charge in [0.05, 0.1) is 13.2 Å². The van der Waals surface area contributed by atoms with Gasteiger partial charge in [-0.2, -0.15) is 5.26 Å². The number of hydrogen-bond donors (Lipinski definition) is 0. The molecule has 3 nitrogen and oxygen atoms in total. The lowest BCUT2D eigenvalue weighted by Gasteiger charge is -2.32. The van der Waals surface area contributed by atoms with Crippen molar-refractivity contribution in [2.45, 2.75) is 90.3 Å². The zero-order valence-electron chi connectivity index (χ0n) is 18.9. The number of hydrogen-bond acceptors (Lipinski definition) is 3. The average molecular weight is 434 g/mol. The first-order chi connectivity index (χ1) is 15.1. The van der Waals surface area contributed by atoms with Crippen LogP contribution in [0, 0.1) is 40.7 Å². The van der Waals surface area contributed by atoms with Crippen LogP contribution in [-0.2, 0) is 9.47 Å². The van der Waals surface area contributed by atoms with E-state index in [1.807, 2.05) is 0 Å². The molecule has 0 spiro atoms. The molecule has 2 aliphatic rings. The molecule has 0 amide bonds. The molecule has 3 rings (SSSR count). The summed E-state index contributed by atoms with van der Waals surface area (Å²) in [6.45, 7) is 3.35. The first kappa shape index (κ1) is 24.1. The van der Waals surface area contributed by atoms with Crippen molar-refractivity contribution in [3.63, 3.8) is 0 Å². The minimum Gasteiger partial charge on any atom is -0.348 e. The Labute approximate surface area is 186 Å². The van der Waals surface area contributed by atoms with E-state index in [4.69, 9.17) is 14.7 Å². The first-order valence-electron chi connectivity index (χ1n) is 12.2. The van der Waals surface area contributed by atoms with Gasteiger partial charge in [-0.3, -0.25) is 0 Å². The summed E-state index contributed by atoms with van der Waals surface area (Å²) < 4.78 is 39.2. The fraction of sp³-hybridized carbons (Fsp3) is 0.731. The van der Waals surface area contributed by atoms with Gasteiger partial charge in [-0.05, 0) is 30.4 Å². The van der Waals surface area contributed by atoms with E-state index < -0.39 is 23.5 Å². The maximum absolute atomic E-state index is 13.8. The molecule has 1 saturated carbocycles. The third-order valence-corrected chi connectivity index (χ3v) is 7.08. The Kier molecular flexibility index (Phi) is 9.74. The van der Waals surface area contributed by atoms with E-state index in [2.05, 4.69) is 6.92 Å². The molecule has 0 N–H and O–H groups in total. The predicted octanol–water partition coefficient (Wildman–Crippen LogP) is 7.45. The Morgan fingerprint density at radius 2 is 1.39 bits per heavy atom. The van der Waals surface area contributed by atoms with Crippen LogP contribution in [0.25, 0.3) is 0 Å². The van der Waals surface area contributed by atoms with Crippen molar-refractivity contribution < 1.29 is 18.3 Å². The Hall–Kier alpha value is -1.51. The van der Waals surface area contributed by atoms with Crippen LogP contribution in [0.5, 0.6) is 0 Å². The molecule has 0 aromatic heterocycles. The van der Waals surface area contributed by atoms with Gasteiger partial charge >= 0.3 is 0 Å². The fourth-order valence-corrected chi connectivity index (χ4v) is 5.05. The molecule has 1 aromatic carbocycles. The van der Waals surface area contributed by atoms with Crippen LogP contribution >= 0.6 is 0 Å². The first-order valence-corrected chi connectivity index (χ1v) is 12.2. The minimum absolute atomic E-state index is 0.292. The van der Waals surface area contributed by atoms with Crippen LogP contribution in [-0.4, -0.2) is 13.2 Å². The SMILES string of the molecule is CCCCCCC[C@H]1CC[C@H](CC[C@H]2CO[C@H](c3cc(F)c(C#N)c(F)c3)OC2)CC1.